The number of hydrogen-bond donors (Lipinski definition) is 0. The van der Waals surface area contributed by atoms with E-state index in [0.29, 0.717) is 6.29 Å². The van der Waals surface area contributed by atoms with Crippen LogP contribution in [0.25, 0.3) is 0 Å². The maximum absolute atomic E-state index is 11.7. The lowest BCUT2D eigenvalue weighted by Gasteiger charge is -2.03. The van der Waals surface area contributed by atoms with Gasteiger partial charge >= 0.3 is 6.61 Å². The van der Waals surface area contributed by atoms with E-state index < -0.39 is 6.61 Å². The van der Waals surface area contributed by atoms with Crippen LogP contribution in [0.5, 0.6) is 5.75 Å². The van der Waals surface area contributed by atoms with Crippen LogP contribution < -0.4 is 4.74 Å². The molecule has 0 bridgehead atoms. The van der Waals surface area contributed by atoms with Crippen molar-refractivity contribution in [1.29, 1.82) is 0 Å². The first kappa shape index (κ1) is 9.85. The van der Waals surface area contributed by atoms with Crippen molar-refractivity contribution in [2.75, 3.05) is 0 Å². The maximum Gasteiger partial charge on any atom is 0.387 e. The minimum Gasteiger partial charge on any atom is -0.433 e. The number of carbonyl (C=O) groups excluding carboxylic acids is 1. The molecule has 0 fully saturated rings. The molecule has 0 amide bonds. The Morgan fingerprint density at radius 3 is 2.77 bits per heavy atom. The minimum atomic E-state index is -2.93. The van der Waals surface area contributed by atoms with Crippen LogP contribution in [-0.2, 0) is 0 Å². The molecule has 13 heavy (non-hydrogen) atoms. The molecule has 1 aromatic rings. The average Bonchev–Trinajstić information content (AvgIpc) is 2.03. The van der Waals surface area contributed by atoms with Gasteiger partial charge in [-0.1, -0.05) is 11.6 Å². The summed E-state index contributed by atoms with van der Waals surface area (Å²) in [5, 5.41) is -0.0202. The highest BCUT2D eigenvalue weighted by molar-refractivity contribution is 6.32. The normalized spacial score (nSPS) is 10.2. The SMILES string of the molecule is O=Cc1ncc(OC(F)F)cc1Cl. The lowest BCUT2D eigenvalue weighted by molar-refractivity contribution is -0.0500. The molecule has 1 aromatic heterocycles. The Balaban J connectivity index is 2.89. The van der Waals surface area contributed by atoms with Gasteiger partial charge < -0.3 is 4.74 Å². The van der Waals surface area contributed by atoms with Gasteiger partial charge in [0.15, 0.2) is 6.29 Å². The summed E-state index contributed by atoms with van der Waals surface area (Å²) in [5.41, 5.74) is -0.0108. The molecular weight excluding hydrogens is 204 g/mol. The number of ether oxygens (including phenoxy) is 1. The highest BCUT2D eigenvalue weighted by Crippen LogP contribution is 2.20. The molecule has 1 heterocycles. The van der Waals surface area contributed by atoms with Crippen LogP contribution in [0.1, 0.15) is 10.5 Å². The van der Waals surface area contributed by atoms with Crippen LogP contribution in [0.2, 0.25) is 5.02 Å². The Bertz CT molecular complexity index is 319. The van der Waals surface area contributed by atoms with Gasteiger partial charge in [-0.3, -0.25) is 4.79 Å². The number of rotatable bonds is 3. The fraction of sp³-hybridized carbons (Fsp3) is 0.143. The molecule has 0 saturated heterocycles. The third kappa shape index (κ3) is 2.62. The van der Waals surface area contributed by atoms with Gasteiger partial charge in [-0.05, 0) is 0 Å². The molecule has 0 aliphatic carbocycles. The molecule has 0 aromatic carbocycles. The van der Waals surface area contributed by atoms with Crippen molar-refractivity contribution in [3.05, 3.63) is 23.0 Å². The summed E-state index contributed by atoms with van der Waals surface area (Å²) in [5.74, 6) is -0.175. The molecule has 1 rings (SSSR count). The number of hydrogen-bond acceptors (Lipinski definition) is 3. The quantitative estimate of drug-likeness (QED) is 0.713. The molecule has 0 radical (unpaired) electrons. The third-order valence-corrected chi connectivity index (χ3v) is 1.48. The van der Waals surface area contributed by atoms with Crippen LogP contribution in [0, 0.1) is 0 Å². The molecule has 0 N–H and O–H groups in total. The van der Waals surface area contributed by atoms with E-state index in [1.165, 1.54) is 0 Å². The van der Waals surface area contributed by atoms with Crippen molar-refractivity contribution in [3.63, 3.8) is 0 Å². The number of alkyl halides is 2. The molecule has 3 nitrogen and oxygen atoms in total. The lowest BCUT2D eigenvalue weighted by Crippen LogP contribution is -2.02. The predicted octanol–water partition coefficient (Wildman–Crippen LogP) is 2.15. The zero-order valence-electron chi connectivity index (χ0n) is 6.21. The Labute approximate surface area is 77.3 Å². The van der Waals surface area contributed by atoms with Crippen LogP contribution in [0.15, 0.2) is 12.3 Å². The Kier molecular flexibility index (Phi) is 3.13. The Morgan fingerprint density at radius 1 is 1.62 bits per heavy atom. The number of aromatic nitrogens is 1. The lowest BCUT2D eigenvalue weighted by atomic mass is 10.3. The van der Waals surface area contributed by atoms with Gasteiger partial charge in [0.2, 0.25) is 0 Å². The number of carbonyl (C=O) groups is 1. The maximum atomic E-state index is 11.7. The Morgan fingerprint density at radius 2 is 2.31 bits per heavy atom. The van der Waals surface area contributed by atoms with Gasteiger partial charge in [0, 0.05) is 6.07 Å². The van der Waals surface area contributed by atoms with E-state index >= 15 is 0 Å². The standard InChI is InChI=1S/C7H4ClF2NO2/c8-5-1-4(13-7(9)10)2-11-6(5)3-12/h1-3,7H. The summed E-state index contributed by atoms with van der Waals surface area (Å²) in [6.07, 6.45) is 1.43. The van der Waals surface area contributed by atoms with Crippen molar-refractivity contribution in [3.8, 4) is 5.75 Å². The van der Waals surface area contributed by atoms with E-state index in [-0.39, 0.29) is 16.5 Å². The second-order valence-corrected chi connectivity index (χ2v) is 2.44. The van der Waals surface area contributed by atoms with Gasteiger partial charge in [-0.15, -0.1) is 0 Å². The fourth-order valence-corrected chi connectivity index (χ4v) is 0.886. The second kappa shape index (κ2) is 4.13. The van der Waals surface area contributed by atoms with E-state index in [4.69, 9.17) is 11.6 Å². The molecular formula is C7H4ClF2NO2. The molecule has 0 unspecified atom stereocenters. The molecule has 0 aliphatic heterocycles. The first-order valence-corrected chi connectivity index (χ1v) is 3.57. The molecule has 0 atom stereocenters. The van der Waals surface area contributed by atoms with Crippen LogP contribution in [0.3, 0.4) is 0 Å². The second-order valence-electron chi connectivity index (χ2n) is 2.03. The van der Waals surface area contributed by atoms with Gasteiger partial charge in [-0.2, -0.15) is 8.78 Å². The fourth-order valence-electron chi connectivity index (χ4n) is 0.685. The molecule has 0 aliphatic rings. The number of aldehydes is 1. The van der Waals surface area contributed by atoms with E-state index in [9.17, 15) is 13.6 Å². The zero-order chi connectivity index (χ0) is 9.84. The average molecular weight is 208 g/mol. The smallest absolute Gasteiger partial charge is 0.387 e. The summed E-state index contributed by atoms with van der Waals surface area (Å²) < 4.78 is 27.3. The van der Waals surface area contributed by atoms with Crippen LogP contribution >= 0.6 is 11.6 Å². The highest BCUT2D eigenvalue weighted by atomic mass is 35.5. The molecule has 6 heteroatoms. The first-order chi connectivity index (χ1) is 6.13. The van der Waals surface area contributed by atoms with Crippen molar-refractivity contribution >= 4 is 17.9 Å². The monoisotopic (exact) mass is 207 g/mol. The van der Waals surface area contributed by atoms with E-state index in [2.05, 4.69) is 9.72 Å². The summed E-state index contributed by atoms with van der Waals surface area (Å²) in [4.78, 5) is 13.7. The minimum absolute atomic E-state index is 0.0108. The van der Waals surface area contributed by atoms with Crippen molar-refractivity contribution in [1.82, 2.24) is 4.98 Å². The zero-order valence-corrected chi connectivity index (χ0v) is 6.96. The van der Waals surface area contributed by atoms with Crippen LogP contribution in [-0.4, -0.2) is 17.9 Å². The number of halogens is 3. The molecule has 0 saturated carbocycles. The van der Waals surface area contributed by atoms with Crippen molar-refractivity contribution in [2.24, 2.45) is 0 Å². The third-order valence-electron chi connectivity index (χ3n) is 1.18. The predicted molar refractivity (Wildman–Crippen MR) is 41.3 cm³/mol. The summed E-state index contributed by atoms with van der Waals surface area (Å²) in [6.45, 7) is -2.93. The largest absolute Gasteiger partial charge is 0.433 e. The number of pyridine rings is 1. The van der Waals surface area contributed by atoms with E-state index in [0.717, 1.165) is 12.3 Å². The van der Waals surface area contributed by atoms with Crippen molar-refractivity contribution in [2.45, 2.75) is 6.61 Å². The van der Waals surface area contributed by atoms with Gasteiger partial charge in [0.25, 0.3) is 0 Å². The van der Waals surface area contributed by atoms with Gasteiger partial charge in [0.05, 0.1) is 11.2 Å². The summed E-state index contributed by atoms with van der Waals surface area (Å²) in [6, 6.07) is 1.10. The highest BCUT2D eigenvalue weighted by Gasteiger charge is 2.07. The van der Waals surface area contributed by atoms with E-state index in [1.807, 2.05) is 0 Å². The van der Waals surface area contributed by atoms with Crippen LogP contribution in [0.4, 0.5) is 8.78 Å². The topological polar surface area (TPSA) is 39.2 Å². The summed E-state index contributed by atoms with van der Waals surface area (Å²) >= 11 is 5.49. The van der Waals surface area contributed by atoms with E-state index in [1.54, 1.807) is 0 Å². The van der Waals surface area contributed by atoms with Crippen molar-refractivity contribution < 1.29 is 18.3 Å². The molecule has 0 spiro atoms. The Hall–Kier alpha value is -1.23. The van der Waals surface area contributed by atoms with Gasteiger partial charge in [-0.25, -0.2) is 4.98 Å². The van der Waals surface area contributed by atoms with Gasteiger partial charge in [0.1, 0.15) is 11.4 Å². The summed E-state index contributed by atoms with van der Waals surface area (Å²) in [7, 11) is 0. The molecule has 70 valence electrons. The number of nitrogens with zero attached hydrogens (tertiary/aromatic N) is 1. The first-order valence-electron chi connectivity index (χ1n) is 3.19.